The number of hydrogen-bond acceptors (Lipinski definition) is 5. The van der Waals surface area contributed by atoms with Crippen LogP contribution in [0.25, 0.3) is 0 Å². The highest BCUT2D eigenvalue weighted by atomic mass is 16.5. The van der Waals surface area contributed by atoms with Gasteiger partial charge in [-0.15, -0.1) is 5.10 Å². The standard InChI is InChI=1S/C21H27N5O3/c1-29-18-8-6-16(7-9-18)14-26-15-19(22-23-26)21(28)25-11-2-4-17(13-25)12-24-10-3-5-20(24)27/h6-9,15,17H,2-5,10-14H2,1H3/t17-/m0/s1. The molecule has 2 fully saturated rings. The fraction of sp³-hybridized carbons (Fsp3) is 0.524. The van der Waals surface area contributed by atoms with Crippen LogP contribution < -0.4 is 4.74 Å². The number of methoxy groups -OCH3 is 1. The van der Waals surface area contributed by atoms with Crippen LogP contribution in [0.4, 0.5) is 0 Å². The SMILES string of the molecule is COc1ccc(Cn2cc(C(=O)N3CCC[C@@H](CN4CCCC4=O)C3)nn2)cc1. The first kappa shape index (κ1) is 19.4. The van der Waals surface area contributed by atoms with E-state index < -0.39 is 0 Å². The molecule has 2 aromatic rings. The number of amides is 2. The number of benzene rings is 1. The van der Waals surface area contributed by atoms with Crippen molar-refractivity contribution in [2.45, 2.75) is 32.2 Å². The van der Waals surface area contributed by atoms with Gasteiger partial charge in [-0.05, 0) is 42.9 Å². The third-order valence-electron chi connectivity index (χ3n) is 5.72. The summed E-state index contributed by atoms with van der Waals surface area (Å²) in [7, 11) is 1.64. The van der Waals surface area contributed by atoms with Crippen LogP contribution >= 0.6 is 0 Å². The molecule has 2 aliphatic rings. The van der Waals surface area contributed by atoms with Gasteiger partial charge in [0.2, 0.25) is 5.91 Å². The topological polar surface area (TPSA) is 80.6 Å². The molecule has 29 heavy (non-hydrogen) atoms. The summed E-state index contributed by atoms with van der Waals surface area (Å²) in [5.74, 6) is 1.31. The number of likely N-dealkylation sites (tertiary alicyclic amines) is 2. The third kappa shape index (κ3) is 4.58. The van der Waals surface area contributed by atoms with Crippen LogP contribution in [0.15, 0.2) is 30.5 Å². The van der Waals surface area contributed by atoms with Crippen molar-refractivity contribution in [2.75, 3.05) is 33.3 Å². The number of aromatic nitrogens is 3. The second-order valence-corrected chi connectivity index (χ2v) is 7.85. The zero-order valence-electron chi connectivity index (χ0n) is 16.8. The average molecular weight is 397 g/mol. The summed E-state index contributed by atoms with van der Waals surface area (Å²) < 4.78 is 6.85. The van der Waals surface area contributed by atoms with E-state index in [0.717, 1.165) is 50.2 Å². The predicted molar refractivity (Wildman–Crippen MR) is 107 cm³/mol. The highest BCUT2D eigenvalue weighted by molar-refractivity contribution is 5.92. The number of carbonyl (C=O) groups excluding carboxylic acids is 2. The smallest absolute Gasteiger partial charge is 0.276 e. The highest BCUT2D eigenvalue weighted by Gasteiger charge is 2.29. The molecule has 0 saturated carbocycles. The summed E-state index contributed by atoms with van der Waals surface area (Å²) in [6.07, 6.45) is 5.33. The molecule has 2 amide bonds. The first-order chi connectivity index (χ1) is 14.1. The number of nitrogens with zero attached hydrogens (tertiary/aromatic N) is 5. The van der Waals surface area contributed by atoms with Crippen LogP contribution in [0.1, 0.15) is 41.7 Å². The molecule has 4 rings (SSSR count). The van der Waals surface area contributed by atoms with Gasteiger partial charge in [0.1, 0.15) is 5.75 Å². The molecule has 0 radical (unpaired) electrons. The molecule has 154 valence electrons. The lowest BCUT2D eigenvalue weighted by Crippen LogP contribution is -2.44. The van der Waals surface area contributed by atoms with Gasteiger partial charge in [0.15, 0.2) is 5.69 Å². The molecule has 0 N–H and O–H groups in total. The van der Waals surface area contributed by atoms with Crippen molar-refractivity contribution in [1.29, 1.82) is 0 Å². The highest BCUT2D eigenvalue weighted by Crippen LogP contribution is 2.21. The fourth-order valence-electron chi connectivity index (χ4n) is 4.16. The van der Waals surface area contributed by atoms with Crippen molar-refractivity contribution in [3.8, 4) is 5.75 Å². The first-order valence-electron chi connectivity index (χ1n) is 10.2. The van der Waals surface area contributed by atoms with Gasteiger partial charge in [0.25, 0.3) is 5.91 Å². The van der Waals surface area contributed by atoms with E-state index in [-0.39, 0.29) is 11.8 Å². The van der Waals surface area contributed by atoms with Gasteiger partial charge in [-0.3, -0.25) is 9.59 Å². The summed E-state index contributed by atoms with van der Waals surface area (Å²) in [5, 5.41) is 8.21. The third-order valence-corrected chi connectivity index (χ3v) is 5.72. The molecule has 0 bridgehead atoms. The summed E-state index contributed by atoms with van der Waals surface area (Å²) in [4.78, 5) is 28.6. The van der Waals surface area contributed by atoms with Crippen molar-refractivity contribution < 1.29 is 14.3 Å². The molecule has 1 aromatic heterocycles. The number of hydrogen-bond donors (Lipinski definition) is 0. The molecular formula is C21H27N5O3. The van der Waals surface area contributed by atoms with E-state index in [1.54, 1.807) is 18.0 Å². The molecule has 0 spiro atoms. The maximum absolute atomic E-state index is 12.9. The lowest BCUT2D eigenvalue weighted by Gasteiger charge is -2.34. The Kier molecular flexibility index (Phi) is 5.78. The van der Waals surface area contributed by atoms with Gasteiger partial charge in [0, 0.05) is 32.6 Å². The molecular weight excluding hydrogens is 370 g/mol. The molecule has 8 nitrogen and oxygen atoms in total. The average Bonchev–Trinajstić information content (AvgIpc) is 3.37. The number of carbonyl (C=O) groups is 2. The number of ether oxygens (including phenoxy) is 1. The Bertz CT molecular complexity index is 863. The largest absolute Gasteiger partial charge is 0.497 e. The van der Waals surface area contributed by atoms with Crippen molar-refractivity contribution in [2.24, 2.45) is 5.92 Å². The van der Waals surface area contributed by atoms with Gasteiger partial charge < -0.3 is 14.5 Å². The van der Waals surface area contributed by atoms with Crippen molar-refractivity contribution in [3.63, 3.8) is 0 Å². The Morgan fingerprint density at radius 2 is 2.03 bits per heavy atom. The minimum absolute atomic E-state index is 0.0802. The van der Waals surface area contributed by atoms with Crippen LogP contribution in [0.5, 0.6) is 5.75 Å². The molecule has 1 atom stereocenters. The van der Waals surface area contributed by atoms with Crippen molar-refractivity contribution >= 4 is 11.8 Å². The molecule has 8 heteroatoms. The van der Waals surface area contributed by atoms with E-state index in [9.17, 15) is 9.59 Å². The van der Waals surface area contributed by atoms with Crippen LogP contribution in [0.3, 0.4) is 0 Å². The van der Waals surface area contributed by atoms with Gasteiger partial charge >= 0.3 is 0 Å². The van der Waals surface area contributed by atoms with E-state index in [1.165, 1.54) is 0 Å². The molecule has 2 saturated heterocycles. The minimum Gasteiger partial charge on any atom is -0.497 e. The fourth-order valence-corrected chi connectivity index (χ4v) is 4.16. The lowest BCUT2D eigenvalue weighted by atomic mass is 9.97. The Morgan fingerprint density at radius 1 is 1.21 bits per heavy atom. The second-order valence-electron chi connectivity index (χ2n) is 7.85. The Hall–Kier alpha value is -2.90. The van der Waals surface area contributed by atoms with Crippen LogP contribution in [-0.4, -0.2) is 69.9 Å². The first-order valence-corrected chi connectivity index (χ1v) is 10.2. The van der Waals surface area contributed by atoms with Crippen LogP contribution in [-0.2, 0) is 11.3 Å². The van der Waals surface area contributed by atoms with Crippen LogP contribution in [0, 0.1) is 5.92 Å². The number of rotatable bonds is 6. The summed E-state index contributed by atoms with van der Waals surface area (Å²) in [6, 6.07) is 7.74. The normalized spacial score (nSPS) is 19.6. The van der Waals surface area contributed by atoms with Gasteiger partial charge in [-0.2, -0.15) is 0 Å². The Balaban J connectivity index is 1.35. The summed E-state index contributed by atoms with van der Waals surface area (Å²) in [5.41, 5.74) is 1.43. The second kappa shape index (κ2) is 8.63. The molecule has 3 heterocycles. The molecule has 1 aromatic carbocycles. The zero-order valence-corrected chi connectivity index (χ0v) is 16.8. The van der Waals surface area contributed by atoms with E-state index >= 15 is 0 Å². The summed E-state index contributed by atoms with van der Waals surface area (Å²) >= 11 is 0. The Morgan fingerprint density at radius 3 is 2.76 bits per heavy atom. The minimum atomic E-state index is -0.0802. The zero-order chi connectivity index (χ0) is 20.2. The predicted octanol–water partition coefficient (Wildman–Crippen LogP) is 1.81. The molecule has 0 aliphatic carbocycles. The van der Waals surface area contributed by atoms with Crippen LogP contribution in [0.2, 0.25) is 0 Å². The molecule has 2 aliphatic heterocycles. The van der Waals surface area contributed by atoms with E-state index in [1.807, 2.05) is 34.1 Å². The monoisotopic (exact) mass is 397 g/mol. The quantitative estimate of drug-likeness (QED) is 0.743. The number of piperidine rings is 1. The van der Waals surface area contributed by atoms with Gasteiger partial charge in [0.05, 0.1) is 19.9 Å². The Labute approximate surface area is 170 Å². The van der Waals surface area contributed by atoms with Crippen molar-refractivity contribution in [3.05, 3.63) is 41.7 Å². The van der Waals surface area contributed by atoms with Gasteiger partial charge in [-0.25, -0.2) is 4.68 Å². The van der Waals surface area contributed by atoms with E-state index in [2.05, 4.69) is 10.3 Å². The molecule has 0 unspecified atom stereocenters. The van der Waals surface area contributed by atoms with E-state index in [0.29, 0.717) is 31.1 Å². The maximum atomic E-state index is 12.9. The summed E-state index contributed by atoms with van der Waals surface area (Å²) in [6.45, 7) is 3.56. The van der Waals surface area contributed by atoms with Crippen molar-refractivity contribution in [1.82, 2.24) is 24.8 Å². The van der Waals surface area contributed by atoms with E-state index in [4.69, 9.17) is 4.74 Å². The van der Waals surface area contributed by atoms with Gasteiger partial charge in [-0.1, -0.05) is 17.3 Å². The lowest BCUT2D eigenvalue weighted by molar-refractivity contribution is -0.128. The maximum Gasteiger partial charge on any atom is 0.276 e.